The Kier molecular flexibility index (Phi) is 5.88. The maximum Gasteiger partial charge on any atom is 0.225 e. The zero-order chi connectivity index (χ0) is 19.4. The minimum atomic E-state index is -0.300. The van der Waals surface area contributed by atoms with Gasteiger partial charge in [0.15, 0.2) is 11.6 Å². The molecule has 0 saturated heterocycles. The minimum absolute atomic E-state index is 0.0553. The number of hydrogen-bond acceptors (Lipinski definition) is 4. The number of Topliss-reactive ketones (excluding diaryl/α,β-unsaturated/α-hetero) is 1. The first-order chi connectivity index (χ1) is 12.9. The molecule has 0 aliphatic carbocycles. The lowest BCUT2D eigenvalue weighted by molar-refractivity contribution is -0.116. The summed E-state index contributed by atoms with van der Waals surface area (Å²) in [6, 6.07) is 12.1. The van der Waals surface area contributed by atoms with Crippen LogP contribution in [0.2, 0.25) is 10.0 Å². The van der Waals surface area contributed by atoms with Gasteiger partial charge in [-0.1, -0.05) is 53.5 Å². The molecule has 0 aliphatic rings. The van der Waals surface area contributed by atoms with Crippen molar-refractivity contribution in [2.75, 3.05) is 5.32 Å². The van der Waals surface area contributed by atoms with Gasteiger partial charge in [-0.15, -0.1) is 0 Å². The molecule has 0 unspecified atom stereocenters. The molecule has 3 rings (SSSR count). The van der Waals surface area contributed by atoms with Crippen molar-refractivity contribution in [3.8, 4) is 5.82 Å². The Morgan fingerprint density at radius 2 is 1.85 bits per heavy atom. The molecule has 27 heavy (non-hydrogen) atoms. The Labute approximate surface area is 166 Å². The van der Waals surface area contributed by atoms with Crippen molar-refractivity contribution in [1.82, 2.24) is 14.8 Å². The summed E-state index contributed by atoms with van der Waals surface area (Å²) < 4.78 is 1.44. The molecule has 0 atom stereocenters. The number of pyridine rings is 1. The molecule has 1 amide bonds. The molecular formula is C19H16Cl2N4O2. The number of carbonyl (C=O) groups is 2. The van der Waals surface area contributed by atoms with Gasteiger partial charge in [0.2, 0.25) is 5.91 Å². The van der Waals surface area contributed by atoms with Crippen LogP contribution < -0.4 is 5.32 Å². The van der Waals surface area contributed by atoms with Crippen LogP contribution in [0.3, 0.4) is 0 Å². The second-order valence-corrected chi connectivity index (χ2v) is 6.72. The maximum atomic E-state index is 12.3. The summed E-state index contributed by atoms with van der Waals surface area (Å²) in [5.41, 5.74) is 1.27. The predicted molar refractivity (Wildman–Crippen MR) is 105 cm³/mol. The van der Waals surface area contributed by atoms with Crippen LogP contribution in [0, 0.1) is 6.92 Å². The van der Waals surface area contributed by atoms with E-state index in [1.54, 1.807) is 43.3 Å². The third-order valence-corrected chi connectivity index (χ3v) is 4.25. The highest BCUT2D eigenvalue weighted by molar-refractivity contribution is 6.35. The van der Waals surface area contributed by atoms with Crippen LogP contribution in [0.1, 0.15) is 28.9 Å². The van der Waals surface area contributed by atoms with Gasteiger partial charge in [0, 0.05) is 30.7 Å². The number of ketones is 1. The number of rotatable bonds is 6. The summed E-state index contributed by atoms with van der Waals surface area (Å²) in [5, 5.41) is 7.77. The summed E-state index contributed by atoms with van der Waals surface area (Å²) in [5.74, 6) is 0.384. The minimum Gasteiger partial charge on any atom is -0.311 e. The van der Waals surface area contributed by atoms with Gasteiger partial charge in [-0.05, 0) is 13.0 Å². The highest BCUT2D eigenvalue weighted by Gasteiger charge is 2.16. The van der Waals surface area contributed by atoms with Gasteiger partial charge in [-0.2, -0.15) is 9.78 Å². The lowest BCUT2D eigenvalue weighted by Crippen LogP contribution is -2.16. The number of hydrogen-bond donors (Lipinski definition) is 1. The molecule has 2 heterocycles. The van der Waals surface area contributed by atoms with E-state index in [9.17, 15) is 9.59 Å². The summed E-state index contributed by atoms with van der Waals surface area (Å²) in [4.78, 5) is 28.6. The molecule has 1 aromatic carbocycles. The first-order valence-electron chi connectivity index (χ1n) is 8.20. The van der Waals surface area contributed by atoms with E-state index in [0.717, 1.165) is 0 Å². The third-order valence-electron chi connectivity index (χ3n) is 3.76. The third kappa shape index (κ3) is 4.72. The van der Waals surface area contributed by atoms with E-state index in [2.05, 4.69) is 15.4 Å². The number of anilines is 1. The fourth-order valence-corrected chi connectivity index (χ4v) is 2.97. The fourth-order valence-electron chi connectivity index (χ4n) is 2.51. The molecule has 138 valence electrons. The molecular weight excluding hydrogens is 387 g/mol. The maximum absolute atomic E-state index is 12.3. The average Bonchev–Trinajstić information content (AvgIpc) is 3.00. The van der Waals surface area contributed by atoms with Crippen LogP contribution in [0.25, 0.3) is 5.82 Å². The summed E-state index contributed by atoms with van der Waals surface area (Å²) in [6.07, 6.45) is 1.62. The zero-order valence-electron chi connectivity index (χ0n) is 14.4. The smallest absolute Gasteiger partial charge is 0.225 e. The van der Waals surface area contributed by atoms with Gasteiger partial charge in [-0.3, -0.25) is 9.59 Å². The topological polar surface area (TPSA) is 76.9 Å². The van der Waals surface area contributed by atoms with E-state index in [-0.39, 0.29) is 24.5 Å². The van der Waals surface area contributed by atoms with Crippen LogP contribution in [0.15, 0.2) is 48.7 Å². The number of nitrogens with one attached hydrogen (secondary N) is 1. The monoisotopic (exact) mass is 402 g/mol. The van der Waals surface area contributed by atoms with Crippen molar-refractivity contribution in [2.45, 2.75) is 19.8 Å². The van der Waals surface area contributed by atoms with Gasteiger partial charge < -0.3 is 5.32 Å². The molecule has 6 nitrogen and oxygen atoms in total. The number of halogens is 2. The Morgan fingerprint density at radius 1 is 1.11 bits per heavy atom. The lowest BCUT2D eigenvalue weighted by atomic mass is 10.1. The van der Waals surface area contributed by atoms with E-state index < -0.39 is 0 Å². The Hall–Kier alpha value is -2.70. The standard InChI is InChI=1S/C19H16Cl2N4O2/c1-12-9-17(25(24-12)19-15(21)10-14(20)11-22-19)23-18(27)8-7-16(26)13-5-3-2-4-6-13/h2-6,9-11H,7-8H2,1H3,(H,23,27). The largest absolute Gasteiger partial charge is 0.311 e. The molecule has 0 aliphatic heterocycles. The van der Waals surface area contributed by atoms with Gasteiger partial charge in [0.05, 0.1) is 15.7 Å². The average molecular weight is 403 g/mol. The second-order valence-electron chi connectivity index (χ2n) is 5.88. The normalized spacial score (nSPS) is 10.6. The molecule has 8 heteroatoms. The summed E-state index contributed by atoms with van der Waals surface area (Å²) in [6.45, 7) is 1.79. The van der Waals surface area contributed by atoms with Crippen molar-refractivity contribution in [2.24, 2.45) is 0 Å². The van der Waals surface area contributed by atoms with Crippen molar-refractivity contribution < 1.29 is 9.59 Å². The Balaban J connectivity index is 1.70. The molecule has 2 aromatic heterocycles. The van der Waals surface area contributed by atoms with E-state index in [1.807, 2.05) is 6.07 Å². The Bertz CT molecular complexity index is 987. The van der Waals surface area contributed by atoms with Crippen molar-refractivity contribution in [3.05, 3.63) is 70.0 Å². The highest BCUT2D eigenvalue weighted by Crippen LogP contribution is 2.25. The zero-order valence-corrected chi connectivity index (χ0v) is 16.0. The van der Waals surface area contributed by atoms with Crippen molar-refractivity contribution in [1.29, 1.82) is 0 Å². The first-order valence-corrected chi connectivity index (χ1v) is 8.96. The number of nitrogens with zero attached hydrogens (tertiary/aromatic N) is 3. The van der Waals surface area contributed by atoms with Crippen LogP contribution in [-0.4, -0.2) is 26.5 Å². The van der Waals surface area contributed by atoms with Gasteiger partial charge in [-0.25, -0.2) is 4.98 Å². The van der Waals surface area contributed by atoms with Crippen molar-refractivity contribution >= 4 is 40.7 Å². The molecule has 0 spiro atoms. The number of amides is 1. The van der Waals surface area contributed by atoms with Gasteiger partial charge in [0.25, 0.3) is 0 Å². The predicted octanol–water partition coefficient (Wildman–Crippen LogP) is 4.48. The quantitative estimate of drug-likeness (QED) is 0.616. The van der Waals surface area contributed by atoms with Crippen molar-refractivity contribution in [3.63, 3.8) is 0 Å². The number of carbonyl (C=O) groups excluding carboxylic acids is 2. The first kappa shape index (κ1) is 19.1. The summed E-state index contributed by atoms with van der Waals surface area (Å²) in [7, 11) is 0. The van der Waals surface area contributed by atoms with Gasteiger partial charge in [0.1, 0.15) is 5.82 Å². The molecule has 0 saturated carbocycles. The SMILES string of the molecule is Cc1cc(NC(=O)CCC(=O)c2ccccc2)n(-c2ncc(Cl)cc2Cl)n1. The van der Waals surface area contributed by atoms with Crippen LogP contribution in [0.5, 0.6) is 0 Å². The van der Waals surface area contributed by atoms with E-state index in [4.69, 9.17) is 23.2 Å². The van der Waals surface area contributed by atoms with E-state index in [1.165, 1.54) is 10.9 Å². The van der Waals surface area contributed by atoms with Crippen LogP contribution >= 0.6 is 23.2 Å². The molecule has 0 radical (unpaired) electrons. The summed E-state index contributed by atoms with van der Waals surface area (Å²) >= 11 is 12.1. The number of aryl methyl sites for hydroxylation is 1. The Morgan fingerprint density at radius 3 is 2.56 bits per heavy atom. The number of aromatic nitrogens is 3. The molecule has 0 bridgehead atoms. The van der Waals surface area contributed by atoms with E-state index in [0.29, 0.717) is 32.9 Å². The second kappa shape index (κ2) is 8.33. The van der Waals surface area contributed by atoms with Gasteiger partial charge >= 0.3 is 0 Å². The highest BCUT2D eigenvalue weighted by atomic mass is 35.5. The van der Waals surface area contributed by atoms with Crippen LogP contribution in [0.4, 0.5) is 5.82 Å². The lowest BCUT2D eigenvalue weighted by Gasteiger charge is -2.09. The molecule has 1 N–H and O–H groups in total. The fraction of sp³-hybridized carbons (Fsp3) is 0.158. The van der Waals surface area contributed by atoms with E-state index >= 15 is 0 Å². The number of benzene rings is 1. The molecule has 0 fully saturated rings. The van der Waals surface area contributed by atoms with Crippen LogP contribution in [-0.2, 0) is 4.79 Å². The molecule has 3 aromatic rings.